The fourth-order valence-corrected chi connectivity index (χ4v) is 5.93. The van der Waals surface area contributed by atoms with Gasteiger partial charge >= 0.3 is 6.03 Å². The molecular weight excluding hydrogens is 536 g/mol. The summed E-state index contributed by atoms with van der Waals surface area (Å²) >= 11 is 0. The van der Waals surface area contributed by atoms with Crippen LogP contribution in [0.5, 0.6) is 0 Å². The van der Waals surface area contributed by atoms with Crippen LogP contribution in [0.4, 0.5) is 10.5 Å². The van der Waals surface area contributed by atoms with Crippen LogP contribution in [0.1, 0.15) is 30.3 Å². The van der Waals surface area contributed by atoms with E-state index < -0.39 is 0 Å². The third-order valence-electron chi connectivity index (χ3n) is 8.10. The van der Waals surface area contributed by atoms with E-state index in [1.54, 1.807) is 0 Å². The van der Waals surface area contributed by atoms with Crippen molar-refractivity contribution >= 4 is 22.8 Å². The first-order valence-corrected chi connectivity index (χ1v) is 14.7. The van der Waals surface area contributed by atoms with Crippen molar-refractivity contribution in [3.05, 3.63) is 114 Å². The summed E-state index contributed by atoms with van der Waals surface area (Å²) < 4.78 is 2.28. The Labute approximate surface area is 249 Å². The molecular formula is C34H32N8O. The summed E-state index contributed by atoms with van der Waals surface area (Å²) in [6, 6.07) is 33.1. The zero-order valence-electron chi connectivity index (χ0n) is 24.0. The number of aromatic nitrogens is 6. The van der Waals surface area contributed by atoms with Gasteiger partial charge in [0, 0.05) is 43.9 Å². The molecule has 0 spiro atoms. The smallest absolute Gasteiger partial charge is 0.323 e. The van der Waals surface area contributed by atoms with Crippen molar-refractivity contribution in [2.45, 2.75) is 32.9 Å². The van der Waals surface area contributed by atoms with E-state index >= 15 is 0 Å². The van der Waals surface area contributed by atoms with Gasteiger partial charge in [0.2, 0.25) is 0 Å². The fraction of sp³-hybridized carbons (Fsp3) is 0.206. The molecule has 0 unspecified atom stereocenters. The van der Waals surface area contributed by atoms with Crippen LogP contribution in [-0.2, 0) is 19.5 Å². The highest BCUT2D eigenvalue weighted by molar-refractivity contribution is 5.95. The van der Waals surface area contributed by atoms with E-state index in [4.69, 9.17) is 4.98 Å². The molecule has 0 saturated carbocycles. The highest BCUT2D eigenvalue weighted by Gasteiger charge is 2.27. The Hall–Kier alpha value is -5.31. The lowest BCUT2D eigenvalue weighted by atomic mass is 9.98. The van der Waals surface area contributed by atoms with Gasteiger partial charge in [0.25, 0.3) is 0 Å². The second-order valence-electron chi connectivity index (χ2n) is 10.8. The minimum absolute atomic E-state index is 0.0493. The van der Waals surface area contributed by atoms with Gasteiger partial charge in [0.1, 0.15) is 5.82 Å². The molecule has 0 aliphatic carbocycles. The number of imidazole rings is 1. The van der Waals surface area contributed by atoms with Crippen LogP contribution in [0.25, 0.3) is 33.5 Å². The van der Waals surface area contributed by atoms with E-state index in [1.807, 2.05) is 58.3 Å². The predicted octanol–water partition coefficient (Wildman–Crippen LogP) is 6.33. The minimum atomic E-state index is 0.0493. The van der Waals surface area contributed by atoms with Gasteiger partial charge in [0.05, 0.1) is 11.0 Å². The molecule has 1 saturated heterocycles. The third-order valence-corrected chi connectivity index (χ3v) is 8.10. The first kappa shape index (κ1) is 26.6. The van der Waals surface area contributed by atoms with Gasteiger partial charge in [-0.05, 0) is 57.3 Å². The molecule has 0 bridgehead atoms. The molecule has 1 aliphatic rings. The molecule has 43 heavy (non-hydrogen) atoms. The number of aromatic amines is 1. The van der Waals surface area contributed by atoms with Gasteiger partial charge in [-0.15, -0.1) is 5.10 Å². The summed E-state index contributed by atoms with van der Waals surface area (Å²) in [5, 5.41) is 14.4. The summed E-state index contributed by atoms with van der Waals surface area (Å²) in [5.74, 6) is 1.67. The van der Waals surface area contributed by atoms with Gasteiger partial charge in [-0.2, -0.15) is 0 Å². The lowest BCUT2D eigenvalue weighted by molar-refractivity contribution is 0.192. The van der Waals surface area contributed by atoms with Crippen LogP contribution < -0.4 is 4.90 Å². The molecule has 9 heteroatoms. The van der Waals surface area contributed by atoms with E-state index in [1.165, 1.54) is 5.56 Å². The van der Waals surface area contributed by atoms with Gasteiger partial charge in [0.15, 0.2) is 5.82 Å². The van der Waals surface area contributed by atoms with Gasteiger partial charge in [-0.1, -0.05) is 85.8 Å². The fourth-order valence-electron chi connectivity index (χ4n) is 5.93. The van der Waals surface area contributed by atoms with Crippen molar-refractivity contribution < 1.29 is 4.79 Å². The standard InChI is InChI=1S/C34H32N8O/c1-2-32-35-30-18-17-27(41-20-8-19-40(34(41)43)22-24-9-4-3-5-10-24)21-31(30)42(32)23-25-13-15-26(16-14-25)28-11-6-7-12-29(28)33-36-38-39-37-33/h3-7,9-18,21H,2,8,19-20,22-23H2,1H3,(H,36,37,38,39). The molecule has 3 heterocycles. The third kappa shape index (κ3) is 5.25. The summed E-state index contributed by atoms with van der Waals surface area (Å²) in [6.07, 6.45) is 1.74. The summed E-state index contributed by atoms with van der Waals surface area (Å²) in [7, 11) is 0. The number of hydrogen-bond donors (Lipinski definition) is 1. The maximum Gasteiger partial charge on any atom is 0.324 e. The molecule has 2 amide bonds. The Morgan fingerprint density at radius 1 is 0.814 bits per heavy atom. The minimum Gasteiger partial charge on any atom is -0.323 e. The average molecular weight is 569 g/mol. The molecule has 1 fully saturated rings. The molecule has 1 aliphatic heterocycles. The van der Waals surface area contributed by atoms with Gasteiger partial charge in [-0.3, -0.25) is 4.90 Å². The monoisotopic (exact) mass is 568 g/mol. The lowest BCUT2D eigenvalue weighted by Crippen LogP contribution is -2.49. The number of anilines is 1. The number of nitrogens with one attached hydrogen (secondary N) is 1. The Bertz CT molecular complexity index is 1860. The van der Waals surface area contributed by atoms with Crippen molar-refractivity contribution in [3.63, 3.8) is 0 Å². The number of amides is 2. The first-order valence-electron chi connectivity index (χ1n) is 14.7. The SMILES string of the molecule is CCc1nc2ccc(N3CCCN(Cc4ccccc4)C3=O)cc2n1Cc1ccc(-c2ccccc2-c2nnn[nH]2)cc1. The molecule has 214 valence electrons. The van der Waals surface area contributed by atoms with Crippen LogP contribution in [0.3, 0.4) is 0 Å². The quantitative estimate of drug-likeness (QED) is 0.232. The van der Waals surface area contributed by atoms with Crippen molar-refractivity contribution in [3.8, 4) is 22.5 Å². The number of carbonyl (C=O) groups excluding carboxylic acids is 1. The van der Waals surface area contributed by atoms with E-state index in [0.29, 0.717) is 25.5 Å². The Morgan fingerprint density at radius 2 is 1.58 bits per heavy atom. The molecule has 7 rings (SSSR count). The number of benzene rings is 4. The summed E-state index contributed by atoms with van der Waals surface area (Å²) in [5.41, 5.74) is 8.31. The average Bonchev–Trinajstić information content (AvgIpc) is 3.71. The molecule has 6 aromatic rings. The van der Waals surface area contributed by atoms with Crippen molar-refractivity contribution in [1.82, 2.24) is 35.1 Å². The first-order chi connectivity index (χ1) is 21.2. The number of nitrogens with zero attached hydrogens (tertiary/aromatic N) is 7. The van der Waals surface area contributed by atoms with E-state index in [2.05, 4.69) is 80.6 Å². The van der Waals surface area contributed by atoms with Gasteiger partial charge < -0.3 is 9.47 Å². The number of rotatable bonds is 8. The number of aryl methyl sites for hydroxylation is 1. The summed E-state index contributed by atoms with van der Waals surface area (Å²) in [4.78, 5) is 22.4. The number of carbonyl (C=O) groups is 1. The Balaban J connectivity index is 1.16. The molecule has 9 nitrogen and oxygen atoms in total. The topological polar surface area (TPSA) is 95.8 Å². The maximum absolute atomic E-state index is 13.6. The highest BCUT2D eigenvalue weighted by Crippen LogP contribution is 2.31. The van der Waals surface area contributed by atoms with Crippen molar-refractivity contribution in [1.29, 1.82) is 0 Å². The van der Waals surface area contributed by atoms with E-state index in [9.17, 15) is 4.79 Å². The Morgan fingerprint density at radius 3 is 2.35 bits per heavy atom. The van der Waals surface area contributed by atoms with Crippen LogP contribution in [0.15, 0.2) is 97.1 Å². The van der Waals surface area contributed by atoms with Crippen LogP contribution in [0, 0.1) is 0 Å². The number of tetrazole rings is 1. The molecule has 4 aromatic carbocycles. The largest absolute Gasteiger partial charge is 0.324 e. The number of hydrogen-bond acceptors (Lipinski definition) is 5. The predicted molar refractivity (Wildman–Crippen MR) is 167 cm³/mol. The number of urea groups is 1. The molecule has 0 radical (unpaired) electrons. The second kappa shape index (κ2) is 11.5. The second-order valence-corrected chi connectivity index (χ2v) is 10.8. The lowest BCUT2D eigenvalue weighted by Gasteiger charge is -2.35. The summed E-state index contributed by atoms with van der Waals surface area (Å²) in [6.45, 7) is 4.90. The zero-order chi connectivity index (χ0) is 29.2. The van der Waals surface area contributed by atoms with Crippen molar-refractivity contribution in [2.75, 3.05) is 18.0 Å². The van der Waals surface area contributed by atoms with Crippen LogP contribution in [-0.4, -0.2) is 54.2 Å². The number of H-pyrrole nitrogens is 1. The molecule has 0 atom stereocenters. The van der Waals surface area contributed by atoms with Crippen molar-refractivity contribution in [2.24, 2.45) is 0 Å². The molecule has 2 aromatic heterocycles. The normalized spacial score (nSPS) is 13.7. The molecule has 1 N–H and O–H groups in total. The van der Waals surface area contributed by atoms with E-state index in [0.717, 1.165) is 64.2 Å². The van der Waals surface area contributed by atoms with Crippen LogP contribution >= 0.6 is 0 Å². The Kier molecular flexibility index (Phi) is 7.12. The highest BCUT2D eigenvalue weighted by atomic mass is 16.2. The maximum atomic E-state index is 13.6. The van der Waals surface area contributed by atoms with E-state index in [-0.39, 0.29) is 6.03 Å². The zero-order valence-corrected chi connectivity index (χ0v) is 24.0. The number of fused-ring (bicyclic) bond motifs is 1. The van der Waals surface area contributed by atoms with Gasteiger partial charge in [-0.25, -0.2) is 14.9 Å². The van der Waals surface area contributed by atoms with Crippen LogP contribution in [0.2, 0.25) is 0 Å².